The van der Waals surface area contributed by atoms with Crippen LogP contribution in [0.2, 0.25) is 0 Å². The lowest BCUT2D eigenvalue weighted by Gasteiger charge is -2.10. The maximum absolute atomic E-state index is 12.4. The topological polar surface area (TPSA) is 100 Å². The Bertz CT molecular complexity index is 962. The molecular weight excluding hydrogens is 488 g/mol. The van der Waals surface area contributed by atoms with Crippen LogP contribution in [0, 0.1) is 0 Å². The van der Waals surface area contributed by atoms with Crippen LogP contribution in [0.5, 0.6) is 0 Å². The van der Waals surface area contributed by atoms with E-state index in [9.17, 15) is 13.2 Å². The molecule has 3 N–H and O–H groups in total. The highest BCUT2D eigenvalue weighted by Crippen LogP contribution is 2.19. The number of benzene rings is 1. The number of rotatable bonds is 16. The first-order valence-corrected chi connectivity index (χ1v) is 14.8. The first-order valence-electron chi connectivity index (χ1n) is 12.0. The molecule has 34 heavy (non-hydrogen) atoms. The van der Waals surface area contributed by atoms with E-state index >= 15 is 0 Å². The molecule has 0 saturated heterocycles. The van der Waals surface area contributed by atoms with Gasteiger partial charge in [0.2, 0.25) is 5.91 Å². The molecule has 0 radical (unpaired) electrons. The van der Waals surface area contributed by atoms with E-state index in [4.69, 9.17) is 12.2 Å². The minimum Gasteiger partial charge on any atom is -0.332 e. The Morgan fingerprint density at radius 1 is 0.941 bits per heavy atom. The number of carbonyl (C=O) groups is 1. The third kappa shape index (κ3) is 11.4. The van der Waals surface area contributed by atoms with Crippen molar-refractivity contribution < 1.29 is 13.2 Å². The molecule has 2 aromatic rings. The van der Waals surface area contributed by atoms with Crippen LogP contribution in [0.3, 0.4) is 0 Å². The van der Waals surface area contributed by atoms with Crippen molar-refractivity contribution in [2.24, 2.45) is 0 Å². The summed E-state index contributed by atoms with van der Waals surface area (Å²) < 4.78 is 27.2. The Hall–Kier alpha value is -2.04. The van der Waals surface area contributed by atoms with Crippen LogP contribution in [-0.2, 0) is 14.8 Å². The van der Waals surface area contributed by atoms with E-state index < -0.39 is 10.0 Å². The van der Waals surface area contributed by atoms with Crippen LogP contribution in [0.1, 0.15) is 84.0 Å². The Balaban J connectivity index is 1.59. The number of nitrogens with zero attached hydrogens (tertiary/aromatic N) is 1. The van der Waals surface area contributed by atoms with Crippen molar-refractivity contribution in [1.29, 1.82) is 0 Å². The van der Waals surface area contributed by atoms with Crippen LogP contribution in [-0.4, -0.2) is 24.4 Å². The van der Waals surface area contributed by atoms with Gasteiger partial charge in [0.25, 0.3) is 10.0 Å². The predicted molar refractivity (Wildman–Crippen MR) is 145 cm³/mol. The SMILES string of the molecule is CCCCCCCCCCCCCC(=O)NC(=S)Nc1ccc(S(=O)(=O)Nc2nccs2)cc1. The molecule has 1 amide bonds. The Morgan fingerprint density at radius 3 is 2.09 bits per heavy atom. The molecule has 1 aromatic heterocycles. The van der Waals surface area contributed by atoms with Crippen molar-refractivity contribution in [3.8, 4) is 0 Å². The molecule has 188 valence electrons. The van der Waals surface area contributed by atoms with Gasteiger partial charge in [-0.1, -0.05) is 71.1 Å². The number of anilines is 2. The monoisotopic (exact) mass is 524 g/mol. The van der Waals surface area contributed by atoms with Crippen molar-refractivity contribution in [2.75, 3.05) is 10.0 Å². The van der Waals surface area contributed by atoms with Crippen LogP contribution < -0.4 is 15.4 Å². The number of aromatic nitrogens is 1. The van der Waals surface area contributed by atoms with E-state index in [1.165, 1.54) is 81.0 Å². The summed E-state index contributed by atoms with van der Waals surface area (Å²) in [5, 5.41) is 7.80. The van der Waals surface area contributed by atoms with Crippen molar-refractivity contribution in [3.05, 3.63) is 35.8 Å². The summed E-state index contributed by atoms with van der Waals surface area (Å²) in [6.07, 6.45) is 15.6. The van der Waals surface area contributed by atoms with Crippen molar-refractivity contribution >= 4 is 55.4 Å². The molecule has 0 bridgehead atoms. The number of hydrogen-bond donors (Lipinski definition) is 3. The van der Waals surface area contributed by atoms with E-state index in [1.54, 1.807) is 17.5 Å². The maximum Gasteiger partial charge on any atom is 0.263 e. The minimum atomic E-state index is -3.71. The zero-order valence-corrected chi connectivity index (χ0v) is 22.3. The number of carbonyl (C=O) groups excluding carboxylic acids is 1. The average molecular weight is 525 g/mol. The highest BCUT2D eigenvalue weighted by atomic mass is 32.2. The number of nitrogens with one attached hydrogen (secondary N) is 3. The van der Waals surface area contributed by atoms with Gasteiger partial charge in [-0.25, -0.2) is 13.4 Å². The van der Waals surface area contributed by atoms with Gasteiger partial charge < -0.3 is 10.6 Å². The third-order valence-electron chi connectivity index (χ3n) is 5.34. The van der Waals surface area contributed by atoms with Crippen LogP contribution >= 0.6 is 23.6 Å². The fourth-order valence-corrected chi connectivity index (χ4v) is 5.49. The van der Waals surface area contributed by atoms with Crippen molar-refractivity contribution in [1.82, 2.24) is 10.3 Å². The number of sulfonamides is 1. The van der Waals surface area contributed by atoms with Gasteiger partial charge in [-0.15, -0.1) is 11.3 Å². The van der Waals surface area contributed by atoms with E-state index in [-0.39, 0.29) is 15.9 Å². The van der Waals surface area contributed by atoms with Gasteiger partial charge in [0.15, 0.2) is 10.2 Å². The summed E-state index contributed by atoms with van der Waals surface area (Å²) in [5.41, 5.74) is 0.591. The molecule has 0 saturated carbocycles. The molecule has 0 spiro atoms. The van der Waals surface area contributed by atoms with Crippen LogP contribution in [0.15, 0.2) is 40.7 Å². The lowest BCUT2D eigenvalue weighted by molar-refractivity contribution is -0.119. The Labute approximate surface area is 213 Å². The van der Waals surface area contributed by atoms with Gasteiger partial charge >= 0.3 is 0 Å². The number of unbranched alkanes of at least 4 members (excludes halogenated alkanes) is 10. The molecule has 0 fully saturated rings. The first-order chi connectivity index (χ1) is 16.4. The number of thiazole rings is 1. The molecule has 10 heteroatoms. The zero-order valence-electron chi connectivity index (χ0n) is 19.8. The average Bonchev–Trinajstić information content (AvgIpc) is 3.30. The maximum atomic E-state index is 12.4. The quantitative estimate of drug-likeness (QED) is 0.172. The Kier molecular flexibility index (Phi) is 13.1. The van der Waals surface area contributed by atoms with E-state index in [0.29, 0.717) is 17.2 Å². The standard InChI is InChI=1S/C24H36N4O3S3/c1-2-3-4-5-6-7-8-9-10-11-12-13-22(29)27-23(32)26-20-14-16-21(17-15-20)34(30,31)28-24-25-18-19-33-24/h14-19H,2-13H2,1H3,(H,25,28)(H2,26,27,29,32). The first kappa shape index (κ1) is 28.2. The number of hydrogen-bond acceptors (Lipinski definition) is 6. The second-order valence-electron chi connectivity index (χ2n) is 8.25. The van der Waals surface area contributed by atoms with Gasteiger partial charge in [0.1, 0.15) is 0 Å². The summed E-state index contributed by atoms with van der Waals surface area (Å²) >= 11 is 6.41. The highest BCUT2D eigenvalue weighted by molar-refractivity contribution is 7.93. The summed E-state index contributed by atoms with van der Waals surface area (Å²) in [7, 11) is -3.71. The fraction of sp³-hybridized carbons (Fsp3) is 0.542. The van der Waals surface area contributed by atoms with Gasteiger partial charge in [-0.05, 0) is 42.9 Å². The number of thiocarbonyl (C=S) groups is 1. The molecule has 1 aromatic carbocycles. The van der Waals surface area contributed by atoms with Gasteiger partial charge in [0, 0.05) is 23.7 Å². The predicted octanol–water partition coefficient (Wildman–Crippen LogP) is 6.46. The molecule has 0 aliphatic rings. The molecule has 0 unspecified atom stereocenters. The minimum absolute atomic E-state index is 0.111. The fourth-order valence-electron chi connectivity index (χ4n) is 3.47. The lowest BCUT2D eigenvalue weighted by atomic mass is 10.1. The molecular formula is C24H36N4O3S3. The van der Waals surface area contributed by atoms with Crippen molar-refractivity contribution in [3.63, 3.8) is 0 Å². The summed E-state index contributed by atoms with van der Waals surface area (Å²) in [6, 6.07) is 6.12. The number of amides is 1. The Morgan fingerprint density at radius 2 is 1.53 bits per heavy atom. The summed E-state index contributed by atoms with van der Waals surface area (Å²) in [6.45, 7) is 2.24. The smallest absolute Gasteiger partial charge is 0.263 e. The second kappa shape index (κ2) is 15.8. The van der Waals surface area contributed by atoms with Gasteiger partial charge in [-0.2, -0.15) is 0 Å². The second-order valence-corrected chi connectivity index (χ2v) is 11.2. The third-order valence-corrected chi connectivity index (χ3v) is 7.71. The molecule has 0 aliphatic carbocycles. The van der Waals surface area contributed by atoms with E-state index in [1.807, 2.05) is 0 Å². The largest absolute Gasteiger partial charge is 0.332 e. The van der Waals surface area contributed by atoms with E-state index in [0.717, 1.165) is 19.3 Å². The molecule has 2 rings (SSSR count). The normalized spacial score (nSPS) is 11.2. The van der Waals surface area contributed by atoms with Crippen molar-refractivity contribution in [2.45, 2.75) is 88.9 Å². The molecule has 0 aliphatic heterocycles. The van der Waals surface area contributed by atoms with Gasteiger partial charge in [-0.3, -0.25) is 9.52 Å². The van der Waals surface area contributed by atoms with E-state index in [2.05, 4.69) is 27.3 Å². The molecule has 0 atom stereocenters. The highest BCUT2D eigenvalue weighted by Gasteiger charge is 2.15. The summed E-state index contributed by atoms with van der Waals surface area (Å²) in [5.74, 6) is -0.111. The van der Waals surface area contributed by atoms with Crippen LogP contribution in [0.4, 0.5) is 10.8 Å². The molecule has 7 nitrogen and oxygen atoms in total. The molecule has 1 heterocycles. The lowest BCUT2D eigenvalue weighted by Crippen LogP contribution is -2.33. The summed E-state index contributed by atoms with van der Waals surface area (Å²) in [4.78, 5) is 16.1. The zero-order chi connectivity index (χ0) is 24.7. The van der Waals surface area contributed by atoms with Gasteiger partial charge in [0.05, 0.1) is 4.90 Å². The van der Waals surface area contributed by atoms with Crippen LogP contribution in [0.25, 0.3) is 0 Å².